The minimum atomic E-state index is -0.211. The van der Waals surface area contributed by atoms with Gasteiger partial charge in [0.25, 0.3) is 5.91 Å². The lowest BCUT2D eigenvalue weighted by Gasteiger charge is -2.06. The highest BCUT2D eigenvalue weighted by Crippen LogP contribution is 2.25. The van der Waals surface area contributed by atoms with Crippen LogP contribution in [0, 0.1) is 0 Å². The third kappa shape index (κ3) is 2.69. The van der Waals surface area contributed by atoms with E-state index in [4.69, 9.17) is 9.84 Å². The lowest BCUT2D eigenvalue weighted by Crippen LogP contribution is -2.11. The van der Waals surface area contributed by atoms with Crippen molar-refractivity contribution in [1.82, 2.24) is 0 Å². The number of carbonyl (C=O) groups excluding carboxylic acids is 1. The molecule has 0 spiro atoms. The molecule has 94 valence electrons. The predicted molar refractivity (Wildman–Crippen MR) is 71.2 cm³/mol. The van der Waals surface area contributed by atoms with Crippen LogP contribution in [-0.4, -0.2) is 18.1 Å². The highest BCUT2D eigenvalue weighted by Gasteiger charge is 2.13. The molecule has 0 bridgehead atoms. The van der Waals surface area contributed by atoms with Gasteiger partial charge in [0.1, 0.15) is 10.6 Å². The molecule has 0 saturated heterocycles. The van der Waals surface area contributed by atoms with Crippen LogP contribution in [0.4, 0.5) is 5.69 Å². The second-order valence-electron chi connectivity index (χ2n) is 3.63. The summed E-state index contributed by atoms with van der Waals surface area (Å²) in [5, 5.41) is 13.6. The molecule has 1 aromatic carbocycles. The molecule has 2 rings (SSSR count). The number of benzene rings is 1. The van der Waals surface area contributed by atoms with Crippen molar-refractivity contribution in [1.29, 1.82) is 0 Å². The molecule has 0 radical (unpaired) electrons. The zero-order valence-electron chi connectivity index (χ0n) is 9.84. The molecule has 0 saturated carbocycles. The van der Waals surface area contributed by atoms with Gasteiger partial charge in [-0.3, -0.25) is 4.79 Å². The van der Waals surface area contributed by atoms with Crippen LogP contribution < -0.4 is 10.1 Å². The number of ether oxygens (including phenoxy) is 1. The summed E-state index contributed by atoms with van der Waals surface area (Å²) in [5.74, 6) is 0.354. The minimum Gasteiger partial charge on any atom is -0.495 e. The van der Waals surface area contributed by atoms with E-state index in [0.717, 1.165) is 5.56 Å². The Morgan fingerprint density at radius 2 is 2.28 bits per heavy atom. The van der Waals surface area contributed by atoms with Crippen molar-refractivity contribution in [2.24, 2.45) is 0 Å². The van der Waals surface area contributed by atoms with E-state index >= 15 is 0 Å². The Bertz CT molecular complexity index is 551. The highest BCUT2D eigenvalue weighted by molar-refractivity contribution is 7.12. The van der Waals surface area contributed by atoms with Gasteiger partial charge in [-0.2, -0.15) is 0 Å². The van der Waals surface area contributed by atoms with E-state index in [0.29, 0.717) is 16.3 Å². The molecule has 0 atom stereocenters. The zero-order valence-corrected chi connectivity index (χ0v) is 10.7. The van der Waals surface area contributed by atoms with E-state index < -0.39 is 0 Å². The van der Waals surface area contributed by atoms with Crippen molar-refractivity contribution in [3.63, 3.8) is 0 Å². The molecular weight excluding hydrogens is 250 g/mol. The fourth-order valence-corrected chi connectivity index (χ4v) is 2.31. The summed E-state index contributed by atoms with van der Waals surface area (Å²) >= 11 is 1.33. The third-order valence-corrected chi connectivity index (χ3v) is 3.32. The fraction of sp³-hybridized carbons (Fsp3) is 0.154. The molecule has 0 fully saturated rings. The Kier molecular flexibility index (Phi) is 3.96. The number of hydrogen-bond donors (Lipinski definition) is 2. The summed E-state index contributed by atoms with van der Waals surface area (Å²) in [7, 11) is 1.53. The van der Waals surface area contributed by atoms with E-state index in [1.54, 1.807) is 35.7 Å². The quantitative estimate of drug-likeness (QED) is 0.891. The first kappa shape index (κ1) is 12.6. The van der Waals surface area contributed by atoms with Crippen LogP contribution in [0.3, 0.4) is 0 Å². The monoisotopic (exact) mass is 263 g/mol. The molecule has 1 heterocycles. The first-order valence-corrected chi connectivity index (χ1v) is 6.25. The summed E-state index contributed by atoms with van der Waals surface area (Å²) < 4.78 is 5.10. The summed E-state index contributed by atoms with van der Waals surface area (Å²) in [6, 6.07) is 8.84. The van der Waals surface area contributed by atoms with Gasteiger partial charge in [0.2, 0.25) is 0 Å². The molecule has 4 nitrogen and oxygen atoms in total. The number of thiophene rings is 1. The van der Waals surface area contributed by atoms with Gasteiger partial charge in [-0.05, 0) is 29.1 Å². The van der Waals surface area contributed by atoms with E-state index in [9.17, 15) is 4.79 Å². The number of aliphatic hydroxyl groups excluding tert-OH is 1. The molecule has 0 aliphatic heterocycles. The van der Waals surface area contributed by atoms with Crippen molar-refractivity contribution in [2.75, 3.05) is 12.4 Å². The first-order chi connectivity index (χ1) is 8.74. The first-order valence-electron chi connectivity index (χ1n) is 5.37. The third-order valence-electron chi connectivity index (χ3n) is 2.42. The molecule has 5 heteroatoms. The molecule has 2 N–H and O–H groups in total. The average Bonchev–Trinajstić information content (AvgIpc) is 2.87. The van der Waals surface area contributed by atoms with Crippen LogP contribution in [0.1, 0.15) is 15.2 Å². The maximum atomic E-state index is 12.0. The lowest BCUT2D eigenvalue weighted by molar-refractivity contribution is 0.102. The van der Waals surface area contributed by atoms with Gasteiger partial charge < -0.3 is 15.2 Å². The Balaban J connectivity index is 2.16. The smallest absolute Gasteiger partial charge is 0.269 e. The Labute approximate surface area is 109 Å². The van der Waals surface area contributed by atoms with Gasteiger partial charge in [0, 0.05) is 5.69 Å². The standard InChI is InChI=1S/C13H13NO3S/c1-17-11-5-6-18-12(11)13(16)14-10-4-2-3-9(7-10)8-15/h2-7,15H,8H2,1H3,(H,14,16). The number of aliphatic hydroxyl groups is 1. The average molecular weight is 263 g/mol. The largest absolute Gasteiger partial charge is 0.495 e. The maximum Gasteiger partial charge on any atom is 0.269 e. The molecule has 2 aromatic rings. The van der Waals surface area contributed by atoms with Crippen LogP contribution in [0.25, 0.3) is 0 Å². The second-order valence-corrected chi connectivity index (χ2v) is 4.55. The van der Waals surface area contributed by atoms with Crippen LogP contribution in [-0.2, 0) is 6.61 Å². The van der Waals surface area contributed by atoms with Crippen molar-refractivity contribution in [2.45, 2.75) is 6.61 Å². The van der Waals surface area contributed by atoms with Crippen molar-refractivity contribution in [3.05, 3.63) is 46.2 Å². The van der Waals surface area contributed by atoms with Crippen molar-refractivity contribution < 1.29 is 14.6 Å². The molecular formula is C13H13NO3S. The van der Waals surface area contributed by atoms with Gasteiger partial charge in [0.15, 0.2) is 0 Å². The topological polar surface area (TPSA) is 58.6 Å². The molecule has 1 amide bonds. The van der Waals surface area contributed by atoms with Crippen LogP contribution in [0.2, 0.25) is 0 Å². The minimum absolute atomic E-state index is 0.0496. The molecule has 18 heavy (non-hydrogen) atoms. The molecule has 0 aliphatic rings. The van der Waals surface area contributed by atoms with Crippen molar-refractivity contribution >= 4 is 22.9 Å². The zero-order chi connectivity index (χ0) is 13.0. The summed E-state index contributed by atoms with van der Waals surface area (Å²) in [6.45, 7) is -0.0496. The second kappa shape index (κ2) is 5.66. The van der Waals surface area contributed by atoms with Gasteiger partial charge >= 0.3 is 0 Å². The lowest BCUT2D eigenvalue weighted by atomic mass is 10.2. The van der Waals surface area contributed by atoms with E-state index in [2.05, 4.69) is 5.32 Å². The van der Waals surface area contributed by atoms with Gasteiger partial charge in [-0.25, -0.2) is 0 Å². The Hall–Kier alpha value is -1.85. The molecule has 1 aromatic heterocycles. The Morgan fingerprint density at radius 1 is 1.44 bits per heavy atom. The van der Waals surface area contributed by atoms with Gasteiger partial charge in [-0.1, -0.05) is 12.1 Å². The highest BCUT2D eigenvalue weighted by atomic mass is 32.1. The number of rotatable bonds is 4. The summed E-state index contributed by atoms with van der Waals surface area (Å²) in [6.07, 6.45) is 0. The Morgan fingerprint density at radius 3 is 3.00 bits per heavy atom. The van der Waals surface area contributed by atoms with Crippen LogP contribution in [0.15, 0.2) is 35.7 Å². The number of nitrogens with one attached hydrogen (secondary N) is 1. The van der Waals surface area contributed by atoms with Crippen LogP contribution >= 0.6 is 11.3 Å². The normalized spacial score (nSPS) is 10.1. The maximum absolute atomic E-state index is 12.0. The fourth-order valence-electron chi connectivity index (χ4n) is 1.56. The number of carbonyl (C=O) groups is 1. The molecule has 0 unspecified atom stereocenters. The van der Waals surface area contributed by atoms with Gasteiger partial charge in [0.05, 0.1) is 13.7 Å². The number of hydrogen-bond acceptors (Lipinski definition) is 4. The number of anilines is 1. The van der Waals surface area contributed by atoms with Gasteiger partial charge in [-0.15, -0.1) is 11.3 Å². The van der Waals surface area contributed by atoms with E-state index in [1.165, 1.54) is 18.4 Å². The predicted octanol–water partition coefficient (Wildman–Crippen LogP) is 2.50. The van der Waals surface area contributed by atoms with Crippen molar-refractivity contribution in [3.8, 4) is 5.75 Å². The summed E-state index contributed by atoms with van der Waals surface area (Å²) in [5.41, 5.74) is 1.41. The number of methoxy groups -OCH3 is 1. The van der Waals surface area contributed by atoms with Crippen LogP contribution in [0.5, 0.6) is 5.75 Å². The number of amides is 1. The summed E-state index contributed by atoms with van der Waals surface area (Å²) in [4.78, 5) is 12.5. The van der Waals surface area contributed by atoms with E-state index in [-0.39, 0.29) is 12.5 Å². The van der Waals surface area contributed by atoms with E-state index in [1.807, 2.05) is 0 Å². The SMILES string of the molecule is COc1ccsc1C(=O)Nc1cccc(CO)c1. The molecule has 0 aliphatic carbocycles.